The Morgan fingerprint density at radius 2 is 2.06 bits per heavy atom. The van der Waals surface area contributed by atoms with Crippen LogP contribution in [0.15, 0.2) is 34.7 Å². The summed E-state index contributed by atoms with van der Waals surface area (Å²) < 4.78 is 10.00. The van der Waals surface area contributed by atoms with Crippen molar-refractivity contribution in [1.29, 1.82) is 0 Å². The summed E-state index contributed by atoms with van der Waals surface area (Å²) in [5.74, 6) is -1.04. The Morgan fingerprint density at radius 1 is 1.38 bits per heavy atom. The zero-order chi connectivity index (χ0) is 11.5. The van der Waals surface area contributed by atoms with Gasteiger partial charge in [-0.15, -0.1) is 0 Å². The lowest BCUT2D eigenvalue weighted by Crippen LogP contribution is -1.99. The van der Waals surface area contributed by atoms with Crippen LogP contribution in [0.1, 0.15) is 10.5 Å². The third-order valence-corrected chi connectivity index (χ3v) is 2.00. The van der Waals surface area contributed by atoms with Crippen molar-refractivity contribution in [2.75, 3.05) is 7.11 Å². The first-order valence-electron chi connectivity index (χ1n) is 4.56. The first kappa shape index (κ1) is 10.2. The third-order valence-electron chi connectivity index (χ3n) is 2.00. The topological polar surface area (TPSA) is 72.6 Å². The van der Waals surface area contributed by atoms with Crippen molar-refractivity contribution in [3.8, 4) is 17.4 Å². The Labute approximate surface area is 91.3 Å². The molecule has 1 aromatic heterocycles. The molecule has 0 radical (unpaired) electrons. The summed E-state index contributed by atoms with van der Waals surface area (Å²) in [7, 11) is 1.34. The fraction of sp³-hybridized carbons (Fsp3) is 0.0909. The Balaban J connectivity index is 2.48. The van der Waals surface area contributed by atoms with E-state index in [4.69, 9.17) is 14.3 Å². The van der Waals surface area contributed by atoms with Gasteiger partial charge in [-0.1, -0.05) is 18.2 Å². The van der Waals surface area contributed by atoms with Gasteiger partial charge in [0.2, 0.25) is 11.6 Å². The molecule has 0 aliphatic carbocycles. The number of carbonyl (C=O) groups is 1. The van der Waals surface area contributed by atoms with E-state index < -0.39 is 5.97 Å². The van der Waals surface area contributed by atoms with E-state index in [1.165, 1.54) is 7.11 Å². The minimum Gasteiger partial charge on any atom is -0.476 e. The van der Waals surface area contributed by atoms with Gasteiger partial charge < -0.3 is 14.3 Å². The van der Waals surface area contributed by atoms with Crippen molar-refractivity contribution in [3.63, 3.8) is 0 Å². The van der Waals surface area contributed by atoms with Crippen LogP contribution in [-0.2, 0) is 0 Å². The minimum atomic E-state index is -1.18. The third kappa shape index (κ3) is 1.75. The lowest BCUT2D eigenvalue weighted by Gasteiger charge is -1.93. The van der Waals surface area contributed by atoms with E-state index in [1.807, 2.05) is 18.2 Å². The summed E-state index contributed by atoms with van der Waals surface area (Å²) in [5, 5.41) is 8.85. The van der Waals surface area contributed by atoms with Crippen LogP contribution < -0.4 is 4.74 Å². The van der Waals surface area contributed by atoms with Gasteiger partial charge in [0.15, 0.2) is 0 Å². The van der Waals surface area contributed by atoms with Crippen molar-refractivity contribution in [2.45, 2.75) is 0 Å². The molecule has 82 valence electrons. The number of carboxylic acid groups (broad SMARTS) is 1. The summed E-state index contributed by atoms with van der Waals surface area (Å²) in [6.45, 7) is 0. The molecule has 1 N–H and O–H groups in total. The molecular weight excluding hydrogens is 210 g/mol. The number of hydrogen-bond acceptors (Lipinski definition) is 4. The Hall–Kier alpha value is -2.30. The van der Waals surface area contributed by atoms with Crippen LogP contribution in [-0.4, -0.2) is 23.2 Å². The maximum atomic E-state index is 10.8. The lowest BCUT2D eigenvalue weighted by molar-refractivity contribution is 0.0685. The molecule has 16 heavy (non-hydrogen) atoms. The van der Waals surface area contributed by atoms with E-state index in [0.717, 1.165) is 0 Å². The van der Waals surface area contributed by atoms with Crippen LogP contribution in [0, 0.1) is 0 Å². The van der Waals surface area contributed by atoms with E-state index in [9.17, 15) is 4.79 Å². The van der Waals surface area contributed by atoms with Crippen LogP contribution >= 0.6 is 0 Å². The fourth-order valence-corrected chi connectivity index (χ4v) is 1.28. The van der Waals surface area contributed by atoms with Crippen molar-refractivity contribution in [3.05, 3.63) is 36.0 Å². The zero-order valence-electron chi connectivity index (χ0n) is 8.51. The van der Waals surface area contributed by atoms with Crippen LogP contribution in [0.25, 0.3) is 11.5 Å². The van der Waals surface area contributed by atoms with Crippen LogP contribution in [0.2, 0.25) is 0 Å². The standard InChI is InChI=1S/C11H9NO4/c1-15-11-8(10(13)14)12-9(16-11)7-5-3-2-4-6-7/h2-6H,1H3,(H,13,14). The molecule has 0 spiro atoms. The molecule has 1 heterocycles. The van der Waals surface area contributed by atoms with E-state index in [2.05, 4.69) is 4.98 Å². The summed E-state index contributed by atoms with van der Waals surface area (Å²) in [6, 6.07) is 9.02. The van der Waals surface area contributed by atoms with Gasteiger partial charge in [-0.3, -0.25) is 0 Å². The quantitative estimate of drug-likeness (QED) is 0.855. The highest BCUT2D eigenvalue weighted by molar-refractivity contribution is 5.88. The molecule has 0 aliphatic heterocycles. The lowest BCUT2D eigenvalue weighted by atomic mass is 10.2. The van der Waals surface area contributed by atoms with Gasteiger partial charge in [0, 0.05) is 5.56 Å². The van der Waals surface area contributed by atoms with Crippen LogP contribution in [0.4, 0.5) is 0 Å². The zero-order valence-corrected chi connectivity index (χ0v) is 8.51. The normalized spacial score (nSPS) is 10.1. The van der Waals surface area contributed by atoms with E-state index in [1.54, 1.807) is 12.1 Å². The largest absolute Gasteiger partial charge is 0.476 e. The highest BCUT2D eigenvalue weighted by Gasteiger charge is 2.20. The van der Waals surface area contributed by atoms with Gasteiger partial charge in [0.05, 0.1) is 7.11 Å². The number of methoxy groups -OCH3 is 1. The SMILES string of the molecule is COc1oc(-c2ccccc2)nc1C(=O)O. The van der Waals surface area contributed by atoms with Gasteiger partial charge in [0.25, 0.3) is 0 Å². The average molecular weight is 219 g/mol. The van der Waals surface area contributed by atoms with Gasteiger partial charge in [-0.2, -0.15) is 4.98 Å². The molecule has 2 aromatic rings. The molecule has 0 aliphatic rings. The molecule has 5 heteroatoms. The molecule has 0 saturated carbocycles. The van der Waals surface area contributed by atoms with E-state index in [0.29, 0.717) is 5.56 Å². The number of aromatic carboxylic acids is 1. The number of hydrogen-bond donors (Lipinski definition) is 1. The Bertz CT molecular complexity index is 504. The molecule has 1 aromatic carbocycles. The number of ether oxygens (including phenoxy) is 1. The van der Waals surface area contributed by atoms with Gasteiger partial charge in [-0.05, 0) is 12.1 Å². The van der Waals surface area contributed by atoms with Crippen molar-refractivity contribution in [2.24, 2.45) is 0 Å². The Morgan fingerprint density at radius 3 is 2.56 bits per heavy atom. The molecular formula is C11H9NO4. The molecule has 0 bridgehead atoms. The first-order valence-corrected chi connectivity index (χ1v) is 4.56. The summed E-state index contributed by atoms with van der Waals surface area (Å²) in [5.41, 5.74) is 0.481. The molecule has 0 unspecified atom stereocenters. The molecule has 5 nitrogen and oxygen atoms in total. The van der Waals surface area contributed by atoms with Crippen LogP contribution in [0.3, 0.4) is 0 Å². The number of oxazole rings is 1. The number of aromatic nitrogens is 1. The number of rotatable bonds is 3. The van der Waals surface area contributed by atoms with Crippen molar-refractivity contribution < 1.29 is 19.1 Å². The van der Waals surface area contributed by atoms with Gasteiger partial charge >= 0.3 is 11.9 Å². The fourth-order valence-electron chi connectivity index (χ4n) is 1.28. The maximum absolute atomic E-state index is 10.8. The second-order valence-corrected chi connectivity index (χ2v) is 3.03. The predicted molar refractivity (Wildman–Crippen MR) is 55.5 cm³/mol. The summed E-state index contributed by atoms with van der Waals surface area (Å²) in [4.78, 5) is 14.7. The smallest absolute Gasteiger partial charge is 0.362 e. The highest BCUT2D eigenvalue weighted by Crippen LogP contribution is 2.26. The second-order valence-electron chi connectivity index (χ2n) is 3.03. The van der Waals surface area contributed by atoms with E-state index in [-0.39, 0.29) is 17.5 Å². The van der Waals surface area contributed by atoms with Crippen molar-refractivity contribution in [1.82, 2.24) is 4.98 Å². The molecule has 0 atom stereocenters. The predicted octanol–water partition coefficient (Wildman–Crippen LogP) is 2.05. The molecule has 0 fully saturated rings. The monoisotopic (exact) mass is 219 g/mol. The summed E-state index contributed by atoms with van der Waals surface area (Å²) >= 11 is 0. The molecule has 0 amide bonds. The number of nitrogens with zero attached hydrogens (tertiary/aromatic N) is 1. The molecule has 2 rings (SSSR count). The summed E-state index contributed by atoms with van der Waals surface area (Å²) in [6.07, 6.45) is 0. The first-order chi connectivity index (χ1) is 7.72. The highest BCUT2D eigenvalue weighted by atomic mass is 16.6. The average Bonchev–Trinajstić information content (AvgIpc) is 2.74. The maximum Gasteiger partial charge on any atom is 0.362 e. The molecule has 0 saturated heterocycles. The minimum absolute atomic E-state index is 0.0913. The number of benzene rings is 1. The Kier molecular flexibility index (Phi) is 2.59. The van der Waals surface area contributed by atoms with Gasteiger partial charge in [0.1, 0.15) is 0 Å². The number of carboxylic acids is 1. The second kappa shape index (κ2) is 4.06. The van der Waals surface area contributed by atoms with Crippen molar-refractivity contribution >= 4 is 5.97 Å². The van der Waals surface area contributed by atoms with Crippen LogP contribution in [0.5, 0.6) is 5.95 Å². The van der Waals surface area contributed by atoms with E-state index >= 15 is 0 Å². The van der Waals surface area contributed by atoms with Gasteiger partial charge in [-0.25, -0.2) is 4.79 Å².